The van der Waals surface area contributed by atoms with E-state index in [1.54, 1.807) is 6.20 Å². The minimum absolute atomic E-state index is 0.280. The van der Waals surface area contributed by atoms with Gasteiger partial charge >= 0.3 is 5.97 Å². The zero-order valence-electron chi connectivity index (χ0n) is 10.4. The lowest BCUT2D eigenvalue weighted by atomic mass is 9.97. The van der Waals surface area contributed by atoms with Crippen molar-refractivity contribution in [3.05, 3.63) is 53.9 Å². The molecule has 0 saturated heterocycles. The lowest BCUT2D eigenvalue weighted by Crippen LogP contribution is -2.00. The van der Waals surface area contributed by atoms with Gasteiger partial charge in [-0.2, -0.15) is 0 Å². The van der Waals surface area contributed by atoms with E-state index in [-0.39, 0.29) is 5.56 Å². The van der Waals surface area contributed by atoms with Crippen LogP contribution in [0.4, 0.5) is 0 Å². The zero-order valence-corrected chi connectivity index (χ0v) is 10.4. The van der Waals surface area contributed by atoms with E-state index in [1.807, 2.05) is 24.3 Å². The molecule has 2 rings (SSSR count). The summed E-state index contributed by atoms with van der Waals surface area (Å²) in [5.74, 6) is -0.466. The average Bonchev–Trinajstić information content (AvgIpc) is 2.39. The topological polar surface area (TPSA) is 50.2 Å². The number of pyridine rings is 1. The Bertz CT molecular complexity index is 559. The zero-order chi connectivity index (χ0) is 13.1. The van der Waals surface area contributed by atoms with Crippen LogP contribution in [0.3, 0.4) is 0 Å². The SMILES string of the molecule is CC(C)c1ccc(-c2cnccc2C(=O)O)cc1. The second-order valence-electron chi connectivity index (χ2n) is 4.50. The van der Waals surface area contributed by atoms with Crippen molar-refractivity contribution in [2.75, 3.05) is 0 Å². The number of carboxylic acid groups (broad SMARTS) is 1. The first kappa shape index (κ1) is 12.3. The summed E-state index contributed by atoms with van der Waals surface area (Å²) in [7, 11) is 0. The Balaban J connectivity index is 2.46. The molecule has 92 valence electrons. The number of aromatic carboxylic acids is 1. The van der Waals surface area contributed by atoms with Gasteiger partial charge in [0.15, 0.2) is 0 Å². The van der Waals surface area contributed by atoms with E-state index in [4.69, 9.17) is 5.11 Å². The molecule has 0 amide bonds. The predicted molar refractivity (Wildman–Crippen MR) is 70.7 cm³/mol. The lowest BCUT2D eigenvalue weighted by molar-refractivity contribution is 0.0697. The van der Waals surface area contributed by atoms with Crippen LogP contribution >= 0.6 is 0 Å². The van der Waals surface area contributed by atoms with Gasteiger partial charge in [-0.1, -0.05) is 38.1 Å². The Kier molecular flexibility index (Phi) is 3.42. The lowest BCUT2D eigenvalue weighted by Gasteiger charge is -2.08. The molecule has 1 heterocycles. The molecule has 2 aromatic rings. The molecule has 0 unspecified atom stereocenters. The van der Waals surface area contributed by atoms with Crippen LogP contribution in [-0.4, -0.2) is 16.1 Å². The fourth-order valence-corrected chi connectivity index (χ4v) is 1.86. The molecule has 1 aromatic carbocycles. The molecule has 0 saturated carbocycles. The molecule has 0 fully saturated rings. The summed E-state index contributed by atoms with van der Waals surface area (Å²) >= 11 is 0. The third kappa shape index (κ3) is 2.40. The van der Waals surface area contributed by atoms with Gasteiger partial charge in [0.1, 0.15) is 0 Å². The molecule has 0 spiro atoms. The molecule has 0 aliphatic carbocycles. The van der Waals surface area contributed by atoms with Crippen molar-refractivity contribution < 1.29 is 9.90 Å². The number of hydrogen-bond acceptors (Lipinski definition) is 2. The number of nitrogens with zero attached hydrogens (tertiary/aromatic N) is 1. The van der Waals surface area contributed by atoms with E-state index in [0.29, 0.717) is 11.5 Å². The van der Waals surface area contributed by atoms with Crippen LogP contribution in [0.5, 0.6) is 0 Å². The summed E-state index contributed by atoms with van der Waals surface area (Å²) in [6, 6.07) is 9.46. The van der Waals surface area contributed by atoms with Crippen LogP contribution in [-0.2, 0) is 0 Å². The maximum absolute atomic E-state index is 11.1. The molecular formula is C15H15NO2. The third-order valence-corrected chi connectivity index (χ3v) is 2.94. The number of rotatable bonds is 3. The van der Waals surface area contributed by atoms with Crippen molar-refractivity contribution in [2.45, 2.75) is 19.8 Å². The van der Waals surface area contributed by atoms with Gasteiger partial charge in [-0.25, -0.2) is 4.79 Å². The highest BCUT2D eigenvalue weighted by atomic mass is 16.4. The summed E-state index contributed by atoms with van der Waals surface area (Å²) in [5.41, 5.74) is 3.05. The second-order valence-corrected chi connectivity index (χ2v) is 4.50. The van der Waals surface area contributed by atoms with Crippen molar-refractivity contribution in [1.29, 1.82) is 0 Å². The van der Waals surface area contributed by atoms with Gasteiger partial charge in [0, 0.05) is 18.0 Å². The Morgan fingerprint density at radius 3 is 2.39 bits per heavy atom. The molecule has 18 heavy (non-hydrogen) atoms. The Morgan fingerprint density at radius 2 is 1.83 bits per heavy atom. The fraction of sp³-hybridized carbons (Fsp3) is 0.200. The third-order valence-electron chi connectivity index (χ3n) is 2.94. The predicted octanol–water partition coefficient (Wildman–Crippen LogP) is 3.57. The van der Waals surface area contributed by atoms with Crippen LogP contribution < -0.4 is 0 Å². The number of carbonyl (C=O) groups is 1. The quantitative estimate of drug-likeness (QED) is 0.893. The fourth-order valence-electron chi connectivity index (χ4n) is 1.86. The molecule has 1 N–H and O–H groups in total. The minimum atomic E-state index is -0.930. The molecule has 0 aliphatic rings. The minimum Gasteiger partial charge on any atom is -0.478 e. The first-order valence-corrected chi connectivity index (χ1v) is 5.87. The van der Waals surface area contributed by atoms with Crippen LogP contribution in [0.2, 0.25) is 0 Å². The van der Waals surface area contributed by atoms with Gasteiger partial charge in [0.25, 0.3) is 0 Å². The van der Waals surface area contributed by atoms with Crippen LogP contribution in [0.15, 0.2) is 42.7 Å². The largest absolute Gasteiger partial charge is 0.478 e. The van der Waals surface area contributed by atoms with Gasteiger partial charge < -0.3 is 5.11 Å². The van der Waals surface area contributed by atoms with Gasteiger partial charge in [-0.3, -0.25) is 4.98 Å². The van der Waals surface area contributed by atoms with Crippen LogP contribution in [0, 0.1) is 0 Å². The van der Waals surface area contributed by atoms with E-state index in [0.717, 1.165) is 5.56 Å². The summed E-state index contributed by atoms with van der Waals surface area (Å²) in [5, 5.41) is 9.14. The molecule has 0 radical (unpaired) electrons. The Labute approximate surface area is 106 Å². The molecule has 0 aliphatic heterocycles. The van der Waals surface area contributed by atoms with Crippen molar-refractivity contribution in [1.82, 2.24) is 4.98 Å². The normalized spacial score (nSPS) is 10.6. The molecule has 3 heteroatoms. The van der Waals surface area contributed by atoms with E-state index >= 15 is 0 Å². The highest BCUT2D eigenvalue weighted by Gasteiger charge is 2.11. The smallest absolute Gasteiger partial charge is 0.336 e. The van der Waals surface area contributed by atoms with Crippen molar-refractivity contribution in [2.24, 2.45) is 0 Å². The Morgan fingerprint density at radius 1 is 1.17 bits per heavy atom. The summed E-state index contributed by atoms with van der Waals surface area (Å²) in [6.07, 6.45) is 3.09. The van der Waals surface area contributed by atoms with E-state index in [2.05, 4.69) is 18.8 Å². The standard InChI is InChI=1S/C15H15NO2/c1-10(2)11-3-5-12(6-4-11)14-9-16-8-7-13(14)15(17)18/h3-10H,1-2H3,(H,17,18). The second kappa shape index (κ2) is 5.00. The molecule has 0 atom stereocenters. The highest BCUT2D eigenvalue weighted by Crippen LogP contribution is 2.25. The van der Waals surface area contributed by atoms with Gasteiger partial charge in [-0.05, 0) is 23.1 Å². The van der Waals surface area contributed by atoms with E-state index in [9.17, 15) is 4.79 Å². The molecule has 3 nitrogen and oxygen atoms in total. The molecule has 1 aromatic heterocycles. The highest BCUT2D eigenvalue weighted by molar-refractivity contribution is 5.95. The number of carboxylic acids is 1. The van der Waals surface area contributed by atoms with E-state index in [1.165, 1.54) is 17.8 Å². The first-order valence-electron chi connectivity index (χ1n) is 5.87. The van der Waals surface area contributed by atoms with Crippen molar-refractivity contribution in [3.63, 3.8) is 0 Å². The first-order chi connectivity index (χ1) is 8.59. The summed E-state index contributed by atoms with van der Waals surface area (Å²) in [6.45, 7) is 4.25. The van der Waals surface area contributed by atoms with Gasteiger partial charge in [-0.15, -0.1) is 0 Å². The molecular weight excluding hydrogens is 226 g/mol. The number of aromatic nitrogens is 1. The number of benzene rings is 1. The maximum Gasteiger partial charge on any atom is 0.336 e. The van der Waals surface area contributed by atoms with Crippen molar-refractivity contribution in [3.8, 4) is 11.1 Å². The summed E-state index contributed by atoms with van der Waals surface area (Å²) in [4.78, 5) is 15.1. The van der Waals surface area contributed by atoms with Gasteiger partial charge in [0.2, 0.25) is 0 Å². The van der Waals surface area contributed by atoms with Crippen LogP contribution in [0.25, 0.3) is 11.1 Å². The molecule has 0 bridgehead atoms. The monoisotopic (exact) mass is 241 g/mol. The van der Waals surface area contributed by atoms with E-state index < -0.39 is 5.97 Å². The van der Waals surface area contributed by atoms with Crippen molar-refractivity contribution >= 4 is 5.97 Å². The maximum atomic E-state index is 11.1. The average molecular weight is 241 g/mol. The number of hydrogen-bond donors (Lipinski definition) is 1. The van der Waals surface area contributed by atoms with Gasteiger partial charge in [0.05, 0.1) is 5.56 Å². The Hall–Kier alpha value is -2.16. The van der Waals surface area contributed by atoms with Crippen LogP contribution in [0.1, 0.15) is 35.7 Å². The summed E-state index contributed by atoms with van der Waals surface area (Å²) < 4.78 is 0.